The minimum Gasteiger partial charge on any atom is -0.370 e. The second-order valence-corrected chi connectivity index (χ2v) is 7.18. The molecule has 1 aromatic heterocycles. The molecule has 3 nitrogen and oxygen atoms in total. The van der Waals surface area contributed by atoms with Crippen LogP contribution in [0.2, 0.25) is 0 Å². The number of hydrogen-bond donors (Lipinski definition) is 1. The van der Waals surface area contributed by atoms with E-state index in [-0.39, 0.29) is 29.4 Å². The normalized spacial score (nSPS) is 20.6. The highest BCUT2D eigenvalue weighted by atomic mass is 127. The summed E-state index contributed by atoms with van der Waals surface area (Å²) in [5, 5.41) is 2.12. The van der Waals surface area contributed by atoms with Gasteiger partial charge in [-0.15, -0.1) is 35.3 Å². The Morgan fingerprint density at radius 1 is 1.55 bits per heavy atom. The van der Waals surface area contributed by atoms with E-state index in [1.807, 2.05) is 0 Å². The standard InChI is InChI=1S/C15H25N3S.HI/c1-12-6-4-8-18(10-12)14(16)17-11-15(2,3)13-7-5-9-19-13;/h5,7,9,12H,4,6,8,10-11H2,1-3H3,(H2,16,17);1H. The van der Waals surface area contributed by atoms with Crippen molar-refractivity contribution in [1.29, 1.82) is 0 Å². The molecule has 0 aliphatic carbocycles. The van der Waals surface area contributed by atoms with Gasteiger partial charge in [-0.05, 0) is 30.2 Å². The van der Waals surface area contributed by atoms with Gasteiger partial charge in [0.15, 0.2) is 5.96 Å². The molecule has 1 saturated heterocycles. The third-order valence-electron chi connectivity index (χ3n) is 3.81. The second-order valence-electron chi connectivity index (χ2n) is 6.23. The molecule has 2 N–H and O–H groups in total. The largest absolute Gasteiger partial charge is 0.370 e. The van der Waals surface area contributed by atoms with Gasteiger partial charge in [-0.2, -0.15) is 0 Å². The fourth-order valence-corrected chi connectivity index (χ4v) is 3.36. The quantitative estimate of drug-likeness (QED) is 0.472. The molecule has 1 aliphatic rings. The van der Waals surface area contributed by atoms with Gasteiger partial charge in [0, 0.05) is 23.4 Å². The van der Waals surface area contributed by atoms with Crippen molar-refractivity contribution in [3.63, 3.8) is 0 Å². The monoisotopic (exact) mass is 407 g/mol. The molecular formula is C15H26IN3S. The molecule has 2 heterocycles. The molecule has 1 aliphatic heterocycles. The summed E-state index contributed by atoms with van der Waals surface area (Å²) in [6.45, 7) is 9.61. The van der Waals surface area contributed by atoms with Crippen LogP contribution in [0.25, 0.3) is 0 Å². The molecule has 5 heteroatoms. The Hall–Kier alpha value is -0.300. The molecule has 0 aromatic carbocycles. The van der Waals surface area contributed by atoms with Crippen molar-refractivity contribution in [2.24, 2.45) is 16.6 Å². The number of nitrogens with zero attached hydrogens (tertiary/aromatic N) is 2. The number of nitrogens with two attached hydrogens (primary N) is 1. The van der Waals surface area contributed by atoms with Gasteiger partial charge in [-0.1, -0.05) is 26.8 Å². The summed E-state index contributed by atoms with van der Waals surface area (Å²) in [5.41, 5.74) is 6.22. The predicted octanol–water partition coefficient (Wildman–Crippen LogP) is 3.69. The van der Waals surface area contributed by atoms with Gasteiger partial charge in [0.2, 0.25) is 0 Å². The topological polar surface area (TPSA) is 41.6 Å². The maximum Gasteiger partial charge on any atom is 0.191 e. The Bertz CT molecular complexity index is 428. The zero-order valence-corrected chi connectivity index (χ0v) is 15.8. The van der Waals surface area contributed by atoms with Crippen LogP contribution in [0.5, 0.6) is 0 Å². The maximum atomic E-state index is 6.15. The van der Waals surface area contributed by atoms with Gasteiger partial charge in [0.1, 0.15) is 0 Å². The first kappa shape index (κ1) is 17.8. The summed E-state index contributed by atoms with van der Waals surface area (Å²) in [6.07, 6.45) is 2.54. The first-order chi connectivity index (χ1) is 8.99. The molecule has 1 unspecified atom stereocenters. The van der Waals surface area contributed by atoms with E-state index in [2.05, 4.69) is 48.2 Å². The highest BCUT2D eigenvalue weighted by Gasteiger charge is 2.23. The van der Waals surface area contributed by atoms with Gasteiger partial charge < -0.3 is 10.6 Å². The lowest BCUT2D eigenvalue weighted by molar-refractivity contribution is 0.270. The molecule has 114 valence electrons. The summed E-state index contributed by atoms with van der Waals surface area (Å²) in [4.78, 5) is 8.24. The van der Waals surface area contributed by atoms with E-state index >= 15 is 0 Å². The summed E-state index contributed by atoms with van der Waals surface area (Å²) in [5.74, 6) is 1.45. The summed E-state index contributed by atoms with van der Waals surface area (Å²) in [7, 11) is 0. The first-order valence-corrected chi connectivity index (χ1v) is 7.96. The maximum absolute atomic E-state index is 6.15. The molecular weight excluding hydrogens is 381 g/mol. The predicted molar refractivity (Wildman–Crippen MR) is 99.2 cm³/mol. The molecule has 2 rings (SSSR count). The molecule has 0 bridgehead atoms. The summed E-state index contributed by atoms with van der Waals surface area (Å²) in [6, 6.07) is 4.28. The number of thiophene rings is 1. The molecule has 0 spiro atoms. The smallest absolute Gasteiger partial charge is 0.191 e. The number of halogens is 1. The van der Waals surface area contributed by atoms with E-state index in [1.54, 1.807) is 11.3 Å². The third kappa shape index (κ3) is 4.62. The van der Waals surface area contributed by atoms with Crippen molar-refractivity contribution in [2.75, 3.05) is 19.6 Å². The van der Waals surface area contributed by atoms with Crippen LogP contribution < -0.4 is 5.73 Å². The molecule has 0 saturated carbocycles. The number of aliphatic imine (C=N–C) groups is 1. The van der Waals surface area contributed by atoms with E-state index in [4.69, 9.17) is 5.73 Å². The first-order valence-electron chi connectivity index (χ1n) is 7.08. The number of hydrogen-bond acceptors (Lipinski definition) is 2. The Morgan fingerprint density at radius 2 is 2.30 bits per heavy atom. The SMILES string of the molecule is CC1CCCN(C(N)=NCC(C)(C)c2cccs2)C1.I. The van der Waals surface area contributed by atoms with Gasteiger partial charge >= 0.3 is 0 Å². The second kappa shape index (κ2) is 7.64. The van der Waals surface area contributed by atoms with Crippen molar-refractivity contribution in [3.05, 3.63) is 22.4 Å². The Balaban J connectivity index is 0.00000200. The lowest BCUT2D eigenvalue weighted by atomic mass is 9.92. The number of piperidine rings is 1. The number of rotatable bonds is 3. The van der Waals surface area contributed by atoms with Gasteiger partial charge in [-0.25, -0.2) is 0 Å². The molecule has 0 amide bonds. The lowest BCUT2D eigenvalue weighted by Gasteiger charge is -2.32. The average Bonchev–Trinajstić information content (AvgIpc) is 2.90. The Kier molecular flexibility index (Phi) is 6.78. The zero-order valence-electron chi connectivity index (χ0n) is 12.6. The summed E-state index contributed by atoms with van der Waals surface area (Å²) >= 11 is 1.79. The van der Waals surface area contributed by atoms with Crippen LogP contribution in [0.3, 0.4) is 0 Å². The van der Waals surface area contributed by atoms with Gasteiger partial charge in [0.05, 0.1) is 6.54 Å². The van der Waals surface area contributed by atoms with E-state index < -0.39 is 0 Å². The Morgan fingerprint density at radius 3 is 2.90 bits per heavy atom. The molecule has 1 atom stereocenters. The van der Waals surface area contributed by atoms with Crippen LogP contribution in [0.15, 0.2) is 22.5 Å². The molecule has 1 fully saturated rings. The van der Waals surface area contributed by atoms with Crippen molar-refractivity contribution in [2.45, 2.75) is 39.0 Å². The van der Waals surface area contributed by atoms with E-state index in [9.17, 15) is 0 Å². The van der Waals surface area contributed by atoms with E-state index in [1.165, 1.54) is 17.7 Å². The van der Waals surface area contributed by atoms with E-state index in [0.29, 0.717) is 0 Å². The zero-order chi connectivity index (χ0) is 13.9. The van der Waals surface area contributed by atoms with Gasteiger partial charge in [-0.3, -0.25) is 4.99 Å². The number of likely N-dealkylation sites (tertiary alicyclic amines) is 1. The van der Waals surface area contributed by atoms with Crippen molar-refractivity contribution in [1.82, 2.24) is 4.90 Å². The highest BCUT2D eigenvalue weighted by molar-refractivity contribution is 14.0. The van der Waals surface area contributed by atoms with Crippen LogP contribution in [0, 0.1) is 5.92 Å². The number of guanidine groups is 1. The molecule has 0 radical (unpaired) electrons. The third-order valence-corrected chi connectivity index (χ3v) is 5.04. The average molecular weight is 407 g/mol. The molecule has 1 aromatic rings. The minimum atomic E-state index is 0. The lowest BCUT2D eigenvalue weighted by Crippen LogP contribution is -2.44. The van der Waals surface area contributed by atoms with Gasteiger partial charge in [0.25, 0.3) is 0 Å². The fourth-order valence-electron chi connectivity index (χ4n) is 2.52. The summed E-state index contributed by atoms with van der Waals surface area (Å²) < 4.78 is 0. The minimum absolute atomic E-state index is 0. The van der Waals surface area contributed by atoms with E-state index in [0.717, 1.165) is 31.5 Å². The van der Waals surface area contributed by atoms with Crippen molar-refractivity contribution >= 4 is 41.3 Å². The van der Waals surface area contributed by atoms with Crippen LogP contribution in [-0.2, 0) is 5.41 Å². The van der Waals surface area contributed by atoms with Crippen LogP contribution in [-0.4, -0.2) is 30.5 Å². The fraction of sp³-hybridized carbons (Fsp3) is 0.667. The molecule has 20 heavy (non-hydrogen) atoms. The Labute approximate surface area is 143 Å². The van der Waals surface area contributed by atoms with Crippen molar-refractivity contribution in [3.8, 4) is 0 Å². The highest BCUT2D eigenvalue weighted by Crippen LogP contribution is 2.27. The van der Waals surface area contributed by atoms with Crippen LogP contribution in [0.4, 0.5) is 0 Å². The van der Waals surface area contributed by atoms with Crippen LogP contribution >= 0.6 is 35.3 Å². The van der Waals surface area contributed by atoms with Crippen molar-refractivity contribution < 1.29 is 0 Å². The van der Waals surface area contributed by atoms with Crippen LogP contribution in [0.1, 0.15) is 38.5 Å².